The molecule has 0 radical (unpaired) electrons. The van der Waals surface area contributed by atoms with Crippen LogP contribution in [0.5, 0.6) is 0 Å². The number of carbonyl (C=O) groups is 1. The van der Waals surface area contributed by atoms with E-state index < -0.39 is 0 Å². The predicted molar refractivity (Wildman–Crippen MR) is 68.1 cm³/mol. The van der Waals surface area contributed by atoms with Gasteiger partial charge in [-0.2, -0.15) is 0 Å². The van der Waals surface area contributed by atoms with Crippen molar-refractivity contribution in [3.8, 4) is 0 Å². The summed E-state index contributed by atoms with van der Waals surface area (Å²) in [5.41, 5.74) is -0.278. The van der Waals surface area contributed by atoms with E-state index in [0.717, 1.165) is 6.54 Å². The van der Waals surface area contributed by atoms with Crippen LogP contribution in [0.2, 0.25) is 0 Å². The topological polar surface area (TPSA) is 50.8 Å². The molecule has 5 heteroatoms. The molecule has 0 rings (SSSR count). The van der Waals surface area contributed by atoms with Gasteiger partial charge in [0, 0.05) is 13.1 Å². The third-order valence-corrected chi connectivity index (χ3v) is 1.89. The first-order chi connectivity index (χ1) is 7.81. The Morgan fingerprint density at radius 2 is 1.88 bits per heavy atom. The Kier molecular flexibility index (Phi) is 8.12. The first kappa shape index (κ1) is 16.4. The van der Waals surface area contributed by atoms with Crippen LogP contribution in [-0.4, -0.2) is 63.4 Å². The monoisotopic (exact) mass is 246 g/mol. The van der Waals surface area contributed by atoms with E-state index in [-0.39, 0.29) is 18.1 Å². The van der Waals surface area contributed by atoms with Gasteiger partial charge in [-0.3, -0.25) is 4.79 Å². The highest BCUT2D eigenvalue weighted by atomic mass is 16.5. The molecular weight excluding hydrogens is 220 g/mol. The molecule has 1 N–H and O–H groups in total. The van der Waals surface area contributed by atoms with Crippen LogP contribution < -0.4 is 5.32 Å². The number of nitrogens with zero attached hydrogens (tertiary/aromatic N) is 1. The third-order valence-electron chi connectivity index (χ3n) is 1.89. The number of nitrogens with one attached hydrogen (secondary N) is 1. The summed E-state index contributed by atoms with van der Waals surface area (Å²) >= 11 is 0. The predicted octanol–water partition coefficient (Wildman–Crippen LogP) is 0.496. The quantitative estimate of drug-likeness (QED) is 0.634. The van der Waals surface area contributed by atoms with E-state index in [1.165, 1.54) is 0 Å². The molecule has 0 unspecified atom stereocenters. The van der Waals surface area contributed by atoms with Gasteiger partial charge >= 0.3 is 0 Å². The van der Waals surface area contributed by atoms with Gasteiger partial charge < -0.3 is 19.7 Å². The summed E-state index contributed by atoms with van der Waals surface area (Å²) in [6.45, 7) is 8.50. The lowest BCUT2D eigenvalue weighted by molar-refractivity contribution is -0.130. The summed E-state index contributed by atoms with van der Waals surface area (Å²) < 4.78 is 10.7. The number of hydrogen-bond acceptors (Lipinski definition) is 4. The Hall–Kier alpha value is -0.650. The van der Waals surface area contributed by atoms with Crippen molar-refractivity contribution >= 4 is 5.91 Å². The van der Waals surface area contributed by atoms with Crippen molar-refractivity contribution in [2.24, 2.45) is 0 Å². The average Bonchev–Trinajstić information content (AvgIpc) is 2.19. The zero-order chi connectivity index (χ0) is 13.3. The summed E-state index contributed by atoms with van der Waals surface area (Å²) in [5, 5.41) is 2.74. The molecule has 5 nitrogen and oxygen atoms in total. The summed E-state index contributed by atoms with van der Waals surface area (Å²) in [7, 11) is 3.99. The van der Waals surface area contributed by atoms with E-state index in [1.807, 2.05) is 34.9 Å². The van der Waals surface area contributed by atoms with Crippen LogP contribution in [0.1, 0.15) is 20.8 Å². The molecule has 0 saturated carbocycles. The lowest BCUT2D eigenvalue weighted by Gasteiger charge is -2.19. The molecule has 0 aliphatic heterocycles. The zero-order valence-electron chi connectivity index (χ0n) is 11.7. The van der Waals surface area contributed by atoms with E-state index in [2.05, 4.69) is 10.2 Å². The second-order valence-electron chi connectivity index (χ2n) is 5.17. The second-order valence-corrected chi connectivity index (χ2v) is 5.17. The molecule has 0 saturated heterocycles. The first-order valence-corrected chi connectivity index (χ1v) is 5.94. The van der Waals surface area contributed by atoms with Crippen LogP contribution in [0.4, 0.5) is 0 Å². The average molecular weight is 246 g/mol. The molecule has 0 aromatic heterocycles. The molecule has 102 valence electrons. The summed E-state index contributed by atoms with van der Waals surface area (Å²) in [5.74, 6) is -0.101. The maximum Gasteiger partial charge on any atom is 0.246 e. The van der Waals surface area contributed by atoms with Gasteiger partial charge in [0.2, 0.25) is 5.91 Å². The number of ether oxygens (including phenoxy) is 2. The van der Waals surface area contributed by atoms with E-state index in [4.69, 9.17) is 9.47 Å². The molecule has 1 amide bonds. The van der Waals surface area contributed by atoms with Crippen LogP contribution in [-0.2, 0) is 14.3 Å². The van der Waals surface area contributed by atoms with Crippen LogP contribution in [0.3, 0.4) is 0 Å². The molecule has 0 aliphatic carbocycles. The Morgan fingerprint density at radius 1 is 1.24 bits per heavy atom. The molecule has 0 heterocycles. The largest absolute Gasteiger partial charge is 0.378 e. The minimum Gasteiger partial charge on any atom is -0.378 e. The number of hydrogen-bond donors (Lipinski definition) is 1. The molecule has 0 atom stereocenters. The van der Waals surface area contributed by atoms with Gasteiger partial charge in [0.05, 0.1) is 18.8 Å². The van der Waals surface area contributed by atoms with Gasteiger partial charge in [0.25, 0.3) is 0 Å². The standard InChI is InChI=1S/C12H26N2O3/c1-12(2,3)17-10-11(15)13-6-8-16-9-7-14(4)5/h6-10H2,1-5H3,(H,13,15). The van der Waals surface area contributed by atoms with Crippen LogP contribution in [0.25, 0.3) is 0 Å². The van der Waals surface area contributed by atoms with Gasteiger partial charge in [0.15, 0.2) is 0 Å². The molecule has 0 spiro atoms. The molecule has 0 fully saturated rings. The van der Waals surface area contributed by atoms with Crippen molar-refractivity contribution in [2.75, 3.05) is 47.0 Å². The van der Waals surface area contributed by atoms with E-state index in [0.29, 0.717) is 19.8 Å². The van der Waals surface area contributed by atoms with Crippen molar-refractivity contribution in [1.82, 2.24) is 10.2 Å². The molecule has 0 aromatic rings. The molecular formula is C12H26N2O3. The lowest BCUT2D eigenvalue weighted by Crippen LogP contribution is -2.34. The highest BCUT2D eigenvalue weighted by Crippen LogP contribution is 2.05. The third kappa shape index (κ3) is 13.3. The van der Waals surface area contributed by atoms with Crippen molar-refractivity contribution in [2.45, 2.75) is 26.4 Å². The van der Waals surface area contributed by atoms with E-state index >= 15 is 0 Å². The maximum atomic E-state index is 11.3. The molecule has 17 heavy (non-hydrogen) atoms. The van der Waals surface area contributed by atoms with Crippen molar-refractivity contribution < 1.29 is 14.3 Å². The minimum atomic E-state index is -0.278. The molecule has 0 aliphatic rings. The SMILES string of the molecule is CN(C)CCOCCNC(=O)COC(C)(C)C. The summed E-state index contributed by atoms with van der Waals surface area (Å²) in [6.07, 6.45) is 0. The summed E-state index contributed by atoms with van der Waals surface area (Å²) in [6, 6.07) is 0. The Labute approximate surface area is 104 Å². The molecule has 0 aromatic carbocycles. The number of rotatable bonds is 8. The van der Waals surface area contributed by atoms with Crippen molar-refractivity contribution in [1.29, 1.82) is 0 Å². The fourth-order valence-electron chi connectivity index (χ4n) is 0.945. The van der Waals surface area contributed by atoms with Crippen LogP contribution in [0.15, 0.2) is 0 Å². The lowest BCUT2D eigenvalue weighted by atomic mass is 10.2. The van der Waals surface area contributed by atoms with E-state index in [9.17, 15) is 4.79 Å². The highest BCUT2D eigenvalue weighted by molar-refractivity contribution is 5.77. The van der Waals surface area contributed by atoms with Crippen LogP contribution >= 0.6 is 0 Å². The highest BCUT2D eigenvalue weighted by Gasteiger charge is 2.12. The smallest absolute Gasteiger partial charge is 0.246 e. The van der Waals surface area contributed by atoms with Gasteiger partial charge in [-0.25, -0.2) is 0 Å². The van der Waals surface area contributed by atoms with Gasteiger partial charge in [0.1, 0.15) is 6.61 Å². The zero-order valence-corrected chi connectivity index (χ0v) is 11.7. The number of likely N-dealkylation sites (N-methyl/N-ethyl adjacent to an activating group) is 1. The molecule has 0 bridgehead atoms. The van der Waals surface area contributed by atoms with Gasteiger partial charge in [-0.1, -0.05) is 0 Å². The maximum absolute atomic E-state index is 11.3. The minimum absolute atomic E-state index is 0.0984. The second kappa shape index (κ2) is 8.44. The first-order valence-electron chi connectivity index (χ1n) is 5.94. The fourth-order valence-corrected chi connectivity index (χ4v) is 0.945. The number of carbonyl (C=O) groups excluding carboxylic acids is 1. The van der Waals surface area contributed by atoms with E-state index in [1.54, 1.807) is 0 Å². The van der Waals surface area contributed by atoms with Crippen molar-refractivity contribution in [3.63, 3.8) is 0 Å². The Morgan fingerprint density at radius 3 is 2.41 bits per heavy atom. The number of amides is 1. The Balaban J connectivity index is 3.34. The summed E-state index contributed by atoms with van der Waals surface area (Å²) in [4.78, 5) is 13.4. The van der Waals surface area contributed by atoms with Gasteiger partial charge in [-0.05, 0) is 34.9 Å². The van der Waals surface area contributed by atoms with Crippen molar-refractivity contribution in [3.05, 3.63) is 0 Å². The normalized spacial score (nSPS) is 11.9. The van der Waals surface area contributed by atoms with Gasteiger partial charge in [-0.15, -0.1) is 0 Å². The fraction of sp³-hybridized carbons (Fsp3) is 0.917. The Bertz CT molecular complexity index is 212. The van der Waals surface area contributed by atoms with Crippen LogP contribution in [0, 0.1) is 0 Å².